The Morgan fingerprint density at radius 1 is 0.750 bits per heavy atom. The zero-order valence-electron chi connectivity index (χ0n) is 1.71. The fourth-order valence-corrected chi connectivity index (χ4v) is 0. The molecule has 0 saturated heterocycles. The normalized spacial score (nSPS) is 0. The fourth-order valence-electron chi connectivity index (χ4n) is 0. The first-order chi connectivity index (χ1) is 0. The third kappa shape index (κ3) is 32.1. The molecule has 0 spiro atoms. The molecule has 0 unspecified atom stereocenters. The summed E-state index contributed by atoms with van der Waals surface area (Å²) in [5.74, 6) is 0. The van der Waals surface area contributed by atoms with Crippen LogP contribution in [-0.4, -0.2) is 16.4 Å². The largest absolute Gasteiger partial charge is 0.870 e. The molecule has 0 fully saturated rings. The molecular weight excluding hydrogens is 107 g/mol. The van der Waals surface area contributed by atoms with Crippen molar-refractivity contribution in [1.29, 1.82) is 0 Å². The van der Waals surface area contributed by atoms with Gasteiger partial charge in [-0.05, 0) is 0 Å². The molecule has 0 heterocycles. The maximum atomic E-state index is 0. The van der Waals surface area contributed by atoms with Gasteiger partial charge in [0.05, 0.1) is 0 Å². The standard InChI is InChI=1S/Ni.3H2O/h;3*1H2/p-2. The minimum atomic E-state index is 0. The van der Waals surface area contributed by atoms with Crippen molar-refractivity contribution < 1.29 is 32.9 Å². The second-order valence-corrected chi connectivity index (χ2v) is 0. The van der Waals surface area contributed by atoms with E-state index in [0.717, 1.165) is 0 Å². The van der Waals surface area contributed by atoms with Gasteiger partial charge in [0.25, 0.3) is 0 Å². The molecule has 0 radical (unpaired) electrons. The number of hydrogen-bond acceptors (Lipinski definition) is 2. The van der Waals surface area contributed by atoms with Gasteiger partial charge in [-0.2, -0.15) is 0 Å². The van der Waals surface area contributed by atoms with Crippen molar-refractivity contribution in [2.75, 3.05) is 0 Å². The van der Waals surface area contributed by atoms with Crippen LogP contribution in [0.4, 0.5) is 0 Å². The fraction of sp³-hybridized carbons (Fsp3) is 0. The van der Waals surface area contributed by atoms with Gasteiger partial charge >= 0.3 is 0 Å². The van der Waals surface area contributed by atoms with Crippen molar-refractivity contribution in [3.8, 4) is 0 Å². The van der Waals surface area contributed by atoms with E-state index in [0.29, 0.717) is 0 Å². The van der Waals surface area contributed by atoms with E-state index in [2.05, 4.69) is 0 Å². The van der Waals surface area contributed by atoms with Crippen molar-refractivity contribution in [2.45, 2.75) is 0 Å². The molecule has 0 aromatic heterocycles. The van der Waals surface area contributed by atoms with Crippen molar-refractivity contribution in [3.63, 3.8) is 0 Å². The molecule has 0 aliphatic carbocycles. The van der Waals surface area contributed by atoms with E-state index in [9.17, 15) is 0 Å². The van der Waals surface area contributed by atoms with E-state index in [4.69, 9.17) is 0 Å². The molecule has 0 aromatic rings. The summed E-state index contributed by atoms with van der Waals surface area (Å²) in [6, 6.07) is 0. The minimum absolute atomic E-state index is 0. The molecule has 4 N–H and O–H groups in total. The van der Waals surface area contributed by atoms with E-state index < -0.39 is 0 Å². The monoisotopic (exact) mass is 110 g/mol. The Balaban J connectivity index is 0. The minimum Gasteiger partial charge on any atom is -0.870 e. The van der Waals surface area contributed by atoms with Gasteiger partial charge in [-0.1, -0.05) is 0 Å². The maximum Gasteiger partial charge on any atom is 0 e. The van der Waals surface area contributed by atoms with Crippen LogP contribution in [0.15, 0.2) is 0 Å². The molecule has 0 amide bonds. The molecule has 0 aromatic carbocycles. The Kier molecular flexibility index (Phi) is 12200. The van der Waals surface area contributed by atoms with Crippen LogP contribution in [0.25, 0.3) is 0 Å². The molecule has 0 aliphatic rings. The summed E-state index contributed by atoms with van der Waals surface area (Å²) < 4.78 is 0. The van der Waals surface area contributed by atoms with Gasteiger partial charge in [0.1, 0.15) is 0 Å². The van der Waals surface area contributed by atoms with Crippen LogP contribution < -0.4 is 0 Å². The van der Waals surface area contributed by atoms with Crippen molar-refractivity contribution in [2.24, 2.45) is 0 Å². The van der Waals surface area contributed by atoms with Crippen LogP contribution in [-0.2, 0) is 16.5 Å². The van der Waals surface area contributed by atoms with E-state index >= 15 is 0 Å². The topological polar surface area (TPSA) is 91.5 Å². The van der Waals surface area contributed by atoms with Crippen LogP contribution in [0.3, 0.4) is 0 Å². The van der Waals surface area contributed by atoms with Crippen molar-refractivity contribution in [1.82, 2.24) is 0 Å². The van der Waals surface area contributed by atoms with Crippen LogP contribution in [0.1, 0.15) is 0 Å². The zero-order chi connectivity index (χ0) is 0. The average molecular weight is 111 g/mol. The molecule has 0 rings (SSSR count). The van der Waals surface area contributed by atoms with E-state index in [1.807, 2.05) is 0 Å². The second kappa shape index (κ2) is 136. The molecule has 4 heteroatoms. The van der Waals surface area contributed by atoms with Crippen molar-refractivity contribution >= 4 is 0 Å². The molecule has 0 atom stereocenters. The molecule has 3 nitrogen and oxygen atoms in total. The summed E-state index contributed by atoms with van der Waals surface area (Å²) in [5, 5.41) is 0. The van der Waals surface area contributed by atoms with Gasteiger partial charge < -0.3 is 16.4 Å². The van der Waals surface area contributed by atoms with E-state index in [1.165, 1.54) is 0 Å². The quantitative estimate of drug-likeness (QED) is 0.367. The summed E-state index contributed by atoms with van der Waals surface area (Å²) in [6.07, 6.45) is 0. The first kappa shape index (κ1) is 357. The zero-order valence-corrected chi connectivity index (χ0v) is 2.70. The van der Waals surface area contributed by atoms with Gasteiger partial charge in [-0.25, -0.2) is 0 Å². The summed E-state index contributed by atoms with van der Waals surface area (Å²) in [5.41, 5.74) is 0. The predicted molar refractivity (Wildman–Crippen MR) is 7.49 cm³/mol. The van der Waals surface area contributed by atoms with Crippen LogP contribution in [0.2, 0.25) is 0 Å². The SMILES string of the molecule is O.[Ni].[OH-].[OH-]. The van der Waals surface area contributed by atoms with Crippen LogP contribution in [0.5, 0.6) is 0 Å². The predicted octanol–water partition coefficient (Wildman–Crippen LogP) is -1.18. The average Bonchev–Trinajstić information content (AvgIpc) is 0. The second-order valence-electron chi connectivity index (χ2n) is 0. The van der Waals surface area contributed by atoms with Crippen LogP contribution >= 0.6 is 0 Å². The molecule has 34 valence electrons. The van der Waals surface area contributed by atoms with E-state index in [1.54, 1.807) is 0 Å². The summed E-state index contributed by atoms with van der Waals surface area (Å²) >= 11 is 0. The first-order valence-corrected chi connectivity index (χ1v) is 0. The Morgan fingerprint density at radius 3 is 0.750 bits per heavy atom. The Morgan fingerprint density at radius 2 is 0.750 bits per heavy atom. The molecule has 0 saturated carbocycles. The maximum absolute atomic E-state index is 0. The van der Waals surface area contributed by atoms with Crippen molar-refractivity contribution in [3.05, 3.63) is 0 Å². The molecular formula is H4NiO3-2. The van der Waals surface area contributed by atoms with Gasteiger partial charge in [-0.3, -0.25) is 0 Å². The summed E-state index contributed by atoms with van der Waals surface area (Å²) in [7, 11) is 0. The van der Waals surface area contributed by atoms with Gasteiger partial charge in [0, 0.05) is 16.5 Å². The molecule has 0 aliphatic heterocycles. The Hall–Kier alpha value is 0.374. The molecule has 4 heavy (non-hydrogen) atoms. The van der Waals surface area contributed by atoms with Gasteiger partial charge in [0.2, 0.25) is 0 Å². The number of hydrogen-bond donors (Lipinski definition) is 0. The third-order valence-corrected chi connectivity index (χ3v) is 0. The third-order valence-electron chi connectivity index (χ3n) is 0. The van der Waals surface area contributed by atoms with E-state index in [-0.39, 0.29) is 32.9 Å². The molecule has 0 bridgehead atoms. The van der Waals surface area contributed by atoms with Gasteiger partial charge in [0.15, 0.2) is 0 Å². The Bertz CT molecular complexity index is 3.25. The summed E-state index contributed by atoms with van der Waals surface area (Å²) in [4.78, 5) is 0. The van der Waals surface area contributed by atoms with Crippen LogP contribution in [0, 0.1) is 0 Å². The first-order valence-electron chi connectivity index (χ1n) is 0. The van der Waals surface area contributed by atoms with Gasteiger partial charge in [-0.15, -0.1) is 0 Å². The Labute approximate surface area is 33.9 Å². The number of rotatable bonds is 0. The summed E-state index contributed by atoms with van der Waals surface area (Å²) in [6.45, 7) is 0. The smallest absolute Gasteiger partial charge is 0 e.